The van der Waals surface area contributed by atoms with E-state index in [2.05, 4.69) is 22.1 Å². The molecule has 2 amide bonds. The zero-order valence-corrected chi connectivity index (χ0v) is 22.2. The summed E-state index contributed by atoms with van der Waals surface area (Å²) in [5.41, 5.74) is 1.97. The van der Waals surface area contributed by atoms with Gasteiger partial charge in [-0.25, -0.2) is 4.79 Å². The predicted octanol–water partition coefficient (Wildman–Crippen LogP) is 3.98. The highest BCUT2D eigenvalue weighted by molar-refractivity contribution is 6.11. The number of carbonyl (C=O) groups is 2. The lowest BCUT2D eigenvalue weighted by Gasteiger charge is -2.27. The van der Waals surface area contributed by atoms with Crippen LogP contribution in [0.1, 0.15) is 45.6 Å². The summed E-state index contributed by atoms with van der Waals surface area (Å²) in [5, 5.41) is 14.9. The number of nitrogens with zero attached hydrogens (tertiary/aromatic N) is 2. The summed E-state index contributed by atoms with van der Waals surface area (Å²) < 4.78 is 11.2. The van der Waals surface area contributed by atoms with Gasteiger partial charge in [0, 0.05) is 50.7 Å². The molecular formula is C27H41N5O4. The van der Waals surface area contributed by atoms with Gasteiger partial charge in [-0.2, -0.15) is 0 Å². The van der Waals surface area contributed by atoms with Gasteiger partial charge in [-0.1, -0.05) is 18.7 Å². The van der Waals surface area contributed by atoms with Gasteiger partial charge in [0.25, 0.3) is 0 Å². The Bertz CT molecular complexity index is 930. The Kier molecular flexibility index (Phi) is 11.1. The standard InChI is InChI=1S/C27H41N5O4/c1-7-23(33)30-22-13-11-20(12-14-22)25(28)21(18-29-24-10-8-9-17-35-24)19-31(5)15-16-32(6)26(34)36-27(2,3)4/h7,11-14,18,24,28-29H,1,8-10,15-17,19H2,2-6H3,(H,30,33)/b21-18-,28-25?. The van der Waals surface area contributed by atoms with Crippen LogP contribution < -0.4 is 10.6 Å². The molecule has 1 heterocycles. The average molecular weight is 500 g/mol. The van der Waals surface area contributed by atoms with Gasteiger partial charge in [0.15, 0.2) is 0 Å². The average Bonchev–Trinajstić information content (AvgIpc) is 2.84. The molecule has 1 saturated heterocycles. The second-order valence-electron chi connectivity index (χ2n) is 9.98. The van der Waals surface area contributed by atoms with Crippen molar-refractivity contribution in [1.82, 2.24) is 15.1 Å². The number of likely N-dealkylation sites (N-methyl/N-ethyl adjacent to an activating group) is 2. The van der Waals surface area contributed by atoms with Crippen LogP contribution in [0.3, 0.4) is 0 Å². The number of nitrogens with one attached hydrogen (secondary N) is 3. The van der Waals surface area contributed by atoms with E-state index in [0.717, 1.165) is 37.0 Å². The highest BCUT2D eigenvalue weighted by Gasteiger charge is 2.20. The van der Waals surface area contributed by atoms with Crippen LogP contribution in [0.25, 0.3) is 0 Å². The number of ether oxygens (including phenoxy) is 2. The first kappa shape index (κ1) is 29.1. The summed E-state index contributed by atoms with van der Waals surface area (Å²) >= 11 is 0. The Balaban J connectivity index is 2.07. The quantitative estimate of drug-likeness (QED) is 0.314. The Morgan fingerprint density at radius 3 is 2.47 bits per heavy atom. The van der Waals surface area contributed by atoms with E-state index in [-0.39, 0.29) is 18.2 Å². The molecule has 0 aromatic heterocycles. The van der Waals surface area contributed by atoms with Crippen molar-refractivity contribution >= 4 is 23.4 Å². The molecule has 36 heavy (non-hydrogen) atoms. The molecule has 0 saturated carbocycles. The van der Waals surface area contributed by atoms with Crippen LogP contribution >= 0.6 is 0 Å². The first-order valence-electron chi connectivity index (χ1n) is 12.3. The van der Waals surface area contributed by atoms with E-state index in [9.17, 15) is 9.59 Å². The van der Waals surface area contributed by atoms with Gasteiger partial charge in [-0.05, 0) is 70.9 Å². The van der Waals surface area contributed by atoms with Gasteiger partial charge in [0.05, 0.1) is 5.71 Å². The van der Waals surface area contributed by atoms with Crippen molar-refractivity contribution in [2.75, 3.05) is 45.7 Å². The Morgan fingerprint density at radius 1 is 1.19 bits per heavy atom. The summed E-state index contributed by atoms with van der Waals surface area (Å²) in [6, 6.07) is 7.14. The number of carbonyl (C=O) groups excluding carboxylic acids is 2. The zero-order valence-electron chi connectivity index (χ0n) is 22.2. The van der Waals surface area contributed by atoms with Gasteiger partial charge in [-0.3, -0.25) is 10.2 Å². The van der Waals surface area contributed by atoms with Crippen molar-refractivity contribution in [2.45, 2.75) is 51.9 Å². The molecule has 0 aliphatic carbocycles. The molecule has 198 valence electrons. The smallest absolute Gasteiger partial charge is 0.410 e. The van der Waals surface area contributed by atoms with Crippen molar-refractivity contribution < 1.29 is 19.1 Å². The second kappa shape index (κ2) is 13.8. The molecule has 1 aliphatic heterocycles. The molecule has 1 aliphatic rings. The monoisotopic (exact) mass is 499 g/mol. The fourth-order valence-corrected chi connectivity index (χ4v) is 3.48. The number of hydrogen-bond donors (Lipinski definition) is 3. The third kappa shape index (κ3) is 10.2. The first-order chi connectivity index (χ1) is 17.0. The van der Waals surface area contributed by atoms with Gasteiger partial charge in [0.2, 0.25) is 5.91 Å². The maximum atomic E-state index is 12.3. The Morgan fingerprint density at radius 2 is 1.89 bits per heavy atom. The number of hydrogen-bond acceptors (Lipinski definition) is 7. The van der Waals surface area contributed by atoms with Crippen LogP contribution in [0.2, 0.25) is 0 Å². The summed E-state index contributed by atoms with van der Waals surface area (Å²) in [7, 11) is 3.67. The van der Waals surface area contributed by atoms with Crippen molar-refractivity contribution in [3.05, 3.63) is 54.3 Å². The minimum absolute atomic E-state index is 0.0679. The normalized spacial score (nSPS) is 16.3. The number of rotatable bonds is 11. The van der Waals surface area contributed by atoms with Crippen molar-refractivity contribution in [1.29, 1.82) is 5.41 Å². The summed E-state index contributed by atoms with van der Waals surface area (Å²) in [6.07, 6.45) is 5.73. The molecule has 9 nitrogen and oxygen atoms in total. The topological polar surface area (TPSA) is 107 Å². The molecule has 1 aromatic rings. The maximum absolute atomic E-state index is 12.3. The minimum Gasteiger partial charge on any atom is -0.444 e. The van der Waals surface area contributed by atoms with E-state index in [4.69, 9.17) is 14.9 Å². The summed E-state index contributed by atoms with van der Waals surface area (Å²) in [6.45, 7) is 11.3. The summed E-state index contributed by atoms with van der Waals surface area (Å²) in [4.78, 5) is 27.4. The lowest BCUT2D eigenvalue weighted by Crippen LogP contribution is -2.39. The fraction of sp³-hybridized carbons (Fsp3) is 0.519. The van der Waals surface area contributed by atoms with Gasteiger partial charge >= 0.3 is 6.09 Å². The van der Waals surface area contributed by atoms with Gasteiger partial charge in [0.1, 0.15) is 11.8 Å². The van der Waals surface area contributed by atoms with Crippen LogP contribution in [0.5, 0.6) is 0 Å². The van der Waals surface area contributed by atoms with E-state index >= 15 is 0 Å². The highest BCUT2D eigenvalue weighted by atomic mass is 16.6. The van der Waals surface area contributed by atoms with Crippen molar-refractivity contribution in [2.24, 2.45) is 0 Å². The van der Waals surface area contributed by atoms with E-state index in [0.29, 0.717) is 31.0 Å². The van der Waals surface area contributed by atoms with Crippen LogP contribution in [0.15, 0.2) is 48.7 Å². The maximum Gasteiger partial charge on any atom is 0.410 e. The zero-order chi connectivity index (χ0) is 26.7. The molecule has 1 atom stereocenters. The Labute approximate surface area is 215 Å². The predicted molar refractivity (Wildman–Crippen MR) is 143 cm³/mol. The molecule has 1 aromatic carbocycles. The largest absolute Gasteiger partial charge is 0.444 e. The van der Waals surface area contributed by atoms with E-state index in [1.165, 1.54) is 6.08 Å². The SMILES string of the molecule is C=CC(=O)Nc1ccc(C(=N)/C(=C\NC2CCCCO2)CN(C)CCN(C)C(=O)OC(C)(C)C)cc1. The van der Waals surface area contributed by atoms with E-state index in [1.807, 2.05) is 46.2 Å². The number of amides is 2. The molecule has 1 fully saturated rings. The van der Waals surface area contributed by atoms with Gasteiger partial charge < -0.3 is 29.9 Å². The van der Waals surface area contributed by atoms with Crippen LogP contribution in [0.4, 0.5) is 10.5 Å². The minimum atomic E-state index is -0.543. The lowest BCUT2D eigenvalue weighted by molar-refractivity contribution is -0.111. The Hall–Kier alpha value is -3.17. The van der Waals surface area contributed by atoms with Crippen molar-refractivity contribution in [3.8, 4) is 0 Å². The molecular weight excluding hydrogens is 458 g/mol. The van der Waals surface area contributed by atoms with E-state index in [1.54, 1.807) is 24.1 Å². The van der Waals surface area contributed by atoms with Crippen LogP contribution in [0, 0.1) is 5.41 Å². The van der Waals surface area contributed by atoms with E-state index < -0.39 is 5.60 Å². The summed E-state index contributed by atoms with van der Waals surface area (Å²) in [5.74, 6) is -0.284. The molecule has 9 heteroatoms. The second-order valence-corrected chi connectivity index (χ2v) is 9.98. The molecule has 0 bridgehead atoms. The van der Waals surface area contributed by atoms with Crippen molar-refractivity contribution in [3.63, 3.8) is 0 Å². The molecule has 1 unspecified atom stereocenters. The van der Waals surface area contributed by atoms with Gasteiger partial charge in [-0.15, -0.1) is 0 Å². The number of benzene rings is 1. The molecule has 0 radical (unpaired) electrons. The fourth-order valence-electron chi connectivity index (χ4n) is 3.48. The molecule has 2 rings (SSSR count). The first-order valence-corrected chi connectivity index (χ1v) is 12.3. The van der Waals surface area contributed by atoms with Crippen LogP contribution in [-0.2, 0) is 14.3 Å². The molecule has 0 spiro atoms. The highest BCUT2D eigenvalue weighted by Crippen LogP contribution is 2.16. The number of anilines is 1. The third-order valence-corrected chi connectivity index (χ3v) is 5.53. The molecule has 3 N–H and O–H groups in total. The van der Waals surface area contributed by atoms with Crippen LogP contribution in [-0.4, -0.2) is 79.7 Å². The third-order valence-electron chi connectivity index (χ3n) is 5.53. The lowest BCUT2D eigenvalue weighted by atomic mass is 10.0.